The summed E-state index contributed by atoms with van der Waals surface area (Å²) < 4.78 is 5.75. The molecule has 0 bridgehead atoms. The minimum absolute atomic E-state index is 0.0293. The van der Waals surface area contributed by atoms with Gasteiger partial charge in [-0.1, -0.05) is 48.0 Å². The zero-order valence-electron chi connectivity index (χ0n) is 17.2. The van der Waals surface area contributed by atoms with E-state index in [-0.39, 0.29) is 5.57 Å². The van der Waals surface area contributed by atoms with Crippen molar-refractivity contribution in [3.63, 3.8) is 0 Å². The van der Waals surface area contributed by atoms with E-state index in [0.29, 0.717) is 12.4 Å². The molecule has 1 amide bonds. The van der Waals surface area contributed by atoms with Crippen LogP contribution in [0.4, 0.5) is 5.69 Å². The van der Waals surface area contributed by atoms with E-state index in [2.05, 4.69) is 5.32 Å². The van der Waals surface area contributed by atoms with Gasteiger partial charge in [0.25, 0.3) is 5.91 Å². The molecule has 0 saturated heterocycles. The second kappa shape index (κ2) is 8.62. The summed E-state index contributed by atoms with van der Waals surface area (Å²) in [5, 5.41) is 14.5. The molecule has 0 aromatic heterocycles. The number of ether oxygens (including phenoxy) is 1. The Morgan fingerprint density at radius 3 is 2.45 bits per heavy atom. The quantitative estimate of drug-likeness (QED) is 0.453. The molecule has 0 heterocycles. The highest BCUT2D eigenvalue weighted by Crippen LogP contribution is 2.31. The molecule has 4 nitrogen and oxygen atoms in total. The first-order chi connectivity index (χ1) is 13.9. The number of carbonyl (C=O) groups excluding carboxylic acids is 1. The molecule has 0 aliphatic heterocycles. The van der Waals surface area contributed by atoms with Gasteiger partial charge in [0.2, 0.25) is 0 Å². The highest BCUT2D eigenvalue weighted by molar-refractivity contribution is 6.11. The fourth-order valence-corrected chi connectivity index (χ4v) is 3.56. The second-order valence-corrected chi connectivity index (χ2v) is 7.03. The summed E-state index contributed by atoms with van der Waals surface area (Å²) in [7, 11) is 0. The number of nitrogens with zero attached hydrogens (tertiary/aromatic N) is 1. The van der Waals surface area contributed by atoms with Crippen LogP contribution in [0.2, 0.25) is 0 Å². The maximum atomic E-state index is 12.9. The Labute approximate surface area is 171 Å². The summed E-state index contributed by atoms with van der Waals surface area (Å²) in [5.74, 6) is 0.215. The molecular weight excluding hydrogens is 360 g/mol. The van der Waals surface area contributed by atoms with Crippen LogP contribution in [0.25, 0.3) is 16.8 Å². The van der Waals surface area contributed by atoms with Gasteiger partial charge in [-0.2, -0.15) is 5.26 Å². The Morgan fingerprint density at radius 2 is 1.79 bits per heavy atom. The van der Waals surface area contributed by atoms with Crippen LogP contribution in [0, 0.1) is 32.1 Å². The molecule has 0 aliphatic rings. The van der Waals surface area contributed by atoms with Gasteiger partial charge in [0, 0.05) is 11.3 Å². The fraction of sp³-hybridized carbons (Fsp3) is 0.200. The van der Waals surface area contributed by atoms with E-state index >= 15 is 0 Å². The van der Waals surface area contributed by atoms with Gasteiger partial charge < -0.3 is 10.1 Å². The molecule has 4 heteroatoms. The van der Waals surface area contributed by atoms with E-state index in [1.165, 1.54) is 0 Å². The van der Waals surface area contributed by atoms with Gasteiger partial charge in [0.1, 0.15) is 17.4 Å². The number of rotatable bonds is 5. The summed E-state index contributed by atoms with van der Waals surface area (Å²) >= 11 is 0. The molecule has 29 heavy (non-hydrogen) atoms. The summed E-state index contributed by atoms with van der Waals surface area (Å²) in [6.07, 6.45) is 1.61. The average Bonchev–Trinajstić information content (AvgIpc) is 2.69. The normalized spacial score (nSPS) is 11.2. The smallest absolute Gasteiger partial charge is 0.266 e. The van der Waals surface area contributed by atoms with Crippen LogP contribution in [0.1, 0.15) is 29.2 Å². The Morgan fingerprint density at radius 1 is 1.10 bits per heavy atom. The number of fused-ring (bicyclic) bond motifs is 1. The lowest BCUT2D eigenvalue weighted by Crippen LogP contribution is -2.15. The van der Waals surface area contributed by atoms with E-state index in [1.54, 1.807) is 6.08 Å². The van der Waals surface area contributed by atoms with Crippen molar-refractivity contribution >= 4 is 28.4 Å². The van der Waals surface area contributed by atoms with Crippen LogP contribution in [0.3, 0.4) is 0 Å². The van der Waals surface area contributed by atoms with Gasteiger partial charge in [-0.15, -0.1) is 0 Å². The molecule has 3 aromatic carbocycles. The van der Waals surface area contributed by atoms with Gasteiger partial charge >= 0.3 is 0 Å². The van der Waals surface area contributed by atoms with Gasteiger partial charge in [0.15, 0.2) is 0 Å². The van der Waals surface area contributed by atoms with E-state index in [1.807, 2.05) is 82.3 Å². The number of nitriles is 1. The average molecular weight is 384 g/mol. The molecule has 0 atom stereocenters. The molecule has 0 aliphatic carbocycles. The molecule has 3 rings (SSSR count). The fourth-order valence-electron chi connectivity index (χ4n) is 3.56. The zero-order valence-corrected chi connectivity index (χ0v) is 17.2. The van der Waals surface area contributed by atoms with Crippen molar-refractivity contribution in [1.29, 1.82) is 5.26 Å². The Balaban J connectivity index is 2.06. The first kappa shape index (κ1) is 20.2. The molecule has 146 valence electrons. The molecule has 0 fully saturated rings. The lowest BCUT2D eigenvalue weighted by atomic mass is 10.0. The van der Waals surface area contributed by atoms with Crippen LogP contribution < -0.4 is 10.1 Å². The van der Waals surface area contributed by atoms with Crippen LogP contribution in [-0.2, 0) is 4.79 Å². The summed E-state index contributed by atoms with van der Waals surface area (Å²) in [6.45, 7) is 8.31. The number of aryl methyl sites for hydroxylation is 3. The Hall–Kier alpha value is -3.58. The van der Waals surface area contributed by atoms with Crippen LogP contribution >= 0.6 is 0 Å². The maximum absolute atomic E-state index is 12.9. The minimum Gasteiger partial charge on any atom is -0.493 e. The topological polar surface area (TPSA) is 62.1 Å². The maximum Gasteiger partial charge on any atom is 0.266 e. The Bertz CT molecular complexity index is 1130. The van der Waals surface area contributed by atoms with E-state index in [4.69, 9.17) is 4.74 Å². The van der Waals surface area contributed by atoms with E-state index < -0.39 is 5.91 Å². The number of carbonyl (C=O) groups is 1. The third-order valence-electron chi connectivity index (χ3n) is 4.80. The third kappa shape index (κ3) is 4.30. The zero-order chi connectivity index (χ0) is 21.0. The molecular formula is C25H24N2O2. The van der Waals surface area contributed by atoms with Gasteiger partial charge in [0.05, 0.1) is 6.61 Å². The number of amides is 1. The minimum atomic E-state index is -0.432. The number of hydrogen-bond donors (Lipinski definition) is 1. The van der Waals surface area contributed by atoms with Gasteiger partial charge in [-0.3, -0.25) is 4.79 Å². The number of hydrogen-bond acceptors (Lipinski definition) is 3. The van der Waals surface area contributed by atoms with Crippen molar-refractivity contribution < 1.29 is 9.53 Å². The largest absolute Gasteiger partial charge is 0.493 e. The molecule has 0 radical (unpaired) electrons. The molecule has 0 saturated carbocycles. The predicted molar refractivity (Wildman–Crippen MR) is 118 cm³/mol. The molecule has 0 spiro atoms. The SMILES string of the molecule is CCOc1ccc2ccccc2c1/C=C(\C#N)C(=O)Nc1c(C)cc(C)cc1C. The summed E-state index contributed by atoms with van der Waals surface area (Å²) in [5.41, 5.74) is 4.56. The van der Waals surface area contributed by atoms with Crippen molar-refractivity contribution in [2.75, 3.05) is 11.9 Å². The molecule has 1 N–H and O–H groups in total. The van der Waals surface area contributed by atoms with Crippen molar-refractivity contribution in [1.82, 2.24) is 0 Å². The highest BCUT2D eigenvalue weighted by atomic mass is 16.5. The number of anilines is 1. The van der Waals surface area contributed by atoms with Crippen molar-refractivity contribution in [3.05, 3.63) is 76.4 Å². The van der Waals surface area contributed by atoms with Crippen molar-refractivity contribution in [2.24, 2.45) is 0 Å². The van der Waals surface area contributed by atoms with Crippen LogP contribution in [0.15, 0.2) is 54.1 Å². The van der Waals surface area contributed by atoms with Crippen molar-refractivity contribution in [2.45, 2.75) is 27.7 Å². The molecule has 3 aromatic rings. The van der Waals surface area contributed by atoms with E-state index in [9.17, 15) is 10.1 Å². The highest BCUT2D eigenvalue weighted by Gasteiger charge is 2.15. The third-order valence-corrected chi connectivity index (χ3v) is 4.80. The first-order valence-electron chi connectivity index (χ1n) is 9.60. The number of nitrogens with one attached hydrogen (secondary N) is 1. The van der Waals surface area contributed by atoms with Crippen molar-refractivity contribution in [3.8, 4) is 11.8 Å². The summed E-state index contributed by atoms with van der Waals surface area (Å²) in [6, 6.07) is 17.8. The lowest BCUT2D eigenvalue weighted by molar-refractivity contribution is -0.112. The molecule has 0 unspecified atom stereocenters. The number of benzene rings is 3. The monoisotopic (exact) mass is 384 g/mol. The van der Waals surface area contributed by atoms with Gasteiger partial charge in [-0.25, -0.2) is 0 Å². The summed E-state index contributed by atoms with van der Waals surface area (Å²) in [4.78, 5) is 12.9. The lowest BCUT2D eigenvalue weighted by Gasteiger charge is -2.13. The van der Waals surface area contributed by atoms with Crippen LogP contribution in [-0.4, -0.2) is 12.5 Å². The van der Waals surface area contributed by atoms with E-state index in [0.717, 1.165) is 38.7 Å². The Kier molecular flexibility index (Phi) is 5.99. The first-order valence-corrected chi connectivity index (χ1v) is 9.60. The van der Waals surface area contributed by atoms with Gasteiger partial charge in [-0.05, 0) is 61.7 Å². The predicted octanol–water partition coefficient (Wildman–Crippen LogP) is 5.71. The standard InChI is InChI=1S/C25H24N2O2/c1-5-29-23-11-10-19-8-6-7-9-21(19)22(23)14-20(15-26)25(28)27-24-17(3)12-16(2)13-18(24)4/h6-14H,5H2,1-4H3,(H,27,28)/b20-14+. The second-order valence-electron chi connectivity index (χ2n) is 7.03. The van der Waals surface area contributed by atoms with Crippen LogP contribution in [0.5, 0.6) is 5.75 Å².